The minimum atomic E-state index is -4.96. The van der Waals surface area contributed by atoms with Crippen molar-refractivity contribution in [3.63, 3.8) is 0 Å². The predicted octanol–water partition coefficient (Wildman–Crippen LogP) is 23.0. The number of phosphoric acid groups is 2. The zero-order valence-corrected chi connectivity index (χ0v) is 65.3. The van der Waals surface area contributed by atoms with E-state index in [1.165, 1.54) is 205 Å². The minimum Gasteiger partial charge on any atom is -0.462 e. The van der Waals surface area contributed by atoms with E-state index in [-0.39, 0.29) is 25.7 Å². The second kappa shape index (κ2) is 68.5. The molecule has 0 aromatic heterocycles. The zero-order chi connectivity index (χ0) is 71.6. The largest absolute Gasteiger partial charge is 0.472 e. The van der Waals surface area contributed by atoms with Crippen LogP contribution in [-0.2, 0) is 65.4 Å². The molecule has 17 nitrogen and oxygen atoms in total. The molecule has 0 amide bonds. The van der Waals surface area contributed by atoms with E-state index in [1.807, 2.05) is 0 Å². The van der Waals surface area contributed by atoms with Gasteiger partial charge in [0.2, 0.25) is 0 Å². The Morgan fingerprint density at radius 1 is 0.299 bits per heavy atom. The van der Waals surface area contributed by atoms with E-state index in [4.69, 9.17) is 37.0 Å². The second-order valence-electron chi connectivity index (χ2n) is 29.3. The molecular weight excluding hydrogens is 1270 g/mol. The quantitative estimate of drug-likeness (QED) is 0.0222. The predicted molar refractivity (Wildman–Crippen MR) is 395 cm³/mol. The van der Waals surface area contributed by atoms with Crippen LogP contribution in [-0.4, -0.2) is 96.7 Å². The molecule has 3 unspecified atom stereocenters. The van der Waals surface area contributed by atoms with Gasteiger partial charge in [-0.3, -0.25) is 37.3 Å². The van der Waals surface area contributed by atoms with Gasteiger partial charge in [-0.1, -0.05) is 350 Å². The first-order valence-corrected chi connectivity index (χ1v) is 43.4. The van der Waals surface area contributed by atoms with Gasteiger partial charge in [0.15, 0.2) is 12.2 Å². The van der Waals surface area contributed by atoms with E-state index in [9.17, 15) is 43.2 Å². The summed E-state index contributed by atoms with van der Waals surface area (Å²) in [4.78, 5) is 72.9. The Balaban J connectivity index is 5.26. The number of hydrogen-bond donors (Lipinski definition) is 3. The smallest absolute Gasteiger partial charge is 0.462 e. The molecule has 0 fully saturated rings. The number of aliphatic hydroxyl groups is 1. The highest BCUT2D eigenvalue weighted by Crippen LogP contribution is 2.45. The van der Waals surface area contributed by atoms with Crippen LogP contribution >= 0.6 is 15.6 Å². The van der Waals surface area contributed by atoms with Crippen molar-refractivity contribution in [3.8, 4) is 0 Å². The first-order valence-electron chi connectivity index (χ1n) is 40.4. The van der Waals surface area contributed by atoms with Gasteiger partial charge in [-0.15, -0.1) is 0 Å². The number of rotatable bonds is 76. The highest BCUT2D eigenvalue weighted by molar-refractivity contribution is 7.47. The van der Waals surface area contributed by atoms with Gasteiger partial charge >= 0.3 is 39.5 Å². The molecule has 0 spiro atoms. The van der Waals surface area contributed by atoms with Crippen molar-refractivity contribution in [2.75, 3.05) is 39.6 Å². The van der Waals surface area contributed by atoms with E-state index in [1.54, 1.807) is 0 Å². The van der Waals surface area contributed by atoms with Crippen LogP contribution in [0.4, 0.5) is 0 Å². The van der Waals surface area contributed by atoms with Gasteiger partial charge < -0.3 is 33.8 Å². The molecule has 576 valence electrons. The van der Waals surface area contributed by atoms with Gasteiger partial charge in [-0.05, 0) is 43.4 Å². The van der Waals surface area contributed by atoms with Crippen LogP contribution in [0.3, 0.4) is 0 Å². The molecule has 19 heteroatoms. The molecule has 0 aromatic rings. The average Bonchev–Trinajstić information content (AvgIpc) is 1.06. The van der Waals surface area contributed by atoms with Crippen LogP contribution in [0.15, 0.2) is 0 Å². The van der Waals surface area contributed by atoms with Crippen LogP contribution < -0.4 is 0 Å². The number of carbonyl (C=O) groups is 4. The standard InChI is InChI=1S/C78H152O17P2/c1-8-10-11-12-13-14-15-16-17-18-19-22-28-33-38-47-54-61-77(82)94-73(65-88-75(80)59-52-45-37-32-27-23-20-21-25-30-35-42-49-56-69(3)4)67-92-96(84,85)90-63-72(79)64-91-97(86,87)93-68-74(66-89-76(81)60-53-46-41-40-44-51-58-71(7)9-2)95-78(83)62-55-48-39-34-29-24-26-31-36-43-50-57-70(5)6/h69-74,79H,8-68H2,1-7H3,(H,84,85)(H,86,87)/t71?,72-,73-,74-/m1/s1. The summed E-state index contributed by atoms with van der Waals surface area (Å²) in [5, 5.41) is 10.6. The van der Waals surface area contributed by atoms with Gasteiger partial charge in [0, 0.05) is 25.7 Å². The molecule has 0 rings (SSSR count). The molecule has 0 aliphatic carbocycles. The third-order valence-electron chi connectivity index (χ3n) is 18.5. The van der Waals surface area contributed by atoms with E-state index >= 15 is 0 Å². The van der Waals surface area contributed by atoms with Crippen LogP contribution in [0.25, 0.3) is 0 Å². The lowest BCUT2D eigenvalue weighted by Gasteiger charge is -2.21. The first-order chi connectivity index (χ1) is 46.8. The molecule has 0 aromatic carbocycles. The maximum atomic E-state index is 13.1. The number of aliphatic hydroxyl groups excluding tert-OH is 1. The van der Waals surface area contributed by atoms with Gasteiger partial charge in [-0.2, -0.15) is 0 Å². The van der Waals surface area contributed by atoms with Crippen LogP contribution in [0.2, 0.25) is 0 Å². The number of carbonyl (C=O) groups excluding carboxylic acids is 4. The first kappa shape index (κ1) is 95.1. The molecule has 6 atom stereocenters. The van der Waals surface area contributed by atoms with Crippen LogP contribution in [0.5, 0.6) is 0 Å². The summed E-state index contributed by atoms with van der Waals surface area (Å²) in [6.45, 7) is 11.9. The van der Waals surface area contributed by atoms with Crippen molar-refractivity contribution < 1.29 is 80.2 Å². The molecule has 97 heavy (non-hydrogen) atoms. The Kier molecular flexibility index (Phi) is 67.1. The fourth-order valence-corrected chi connectivity index (χ4v) is 13.5. The number of hydrogen-bond acceptors (Lipinski definition) is 15. The van der Waals surface area contributed by atoms with Crippen LogP contribution in [0.1, 0.15) is 402 Å². The van der Waals surface area contributed by atoms with E-state index in [0.29, 0.717) is 25.7 Å². The number of phosphoric ester groups is 2. The Labute approximate surface area is 594 Å². The third-order valence-corrected chi connectivity index (χ3v) is 20.4. The molecular formula is C78H152O17P2. The number of unbranched alkanes of at least 4 members (excludes halogenated alkanes) is 43. The summed E-state index contributed by atoms with van der Waals surface area (Å²) >= 11 is 0. The summed E-state index contributed by atoms with van der Waals surface area (Å²) in [6.07, 6.45) is 55.5. The number of esters is 4. The molecule has 0 saturated heterocycles. The minimum absolute atomic E-state index is 0.105. The molecule has 0 radical (unpaired) electrons. The van der Waals surface area contributed by atoms with Gasteiger partial charge in [0.1, 0.15) is 19.3 Å². The van der Waals surface area contributed by atoms with Gasteiger partial charge in [-0.25, -0.2) is 9.13 Å². The van der Waals surface area contributed by atoms with Crippen molar-refractivity contribution >= 4 is 39.5 Å². The fourth-order valence-electron chi connectivity index (χ4n) is 11.9. The number of ether oxygens (including phenoxy) is 4. The SMILES string of the molecule is CCCCCCCCCCCCCCCCCCCC(=O)O[C@H](COC(=O)CCCCCCCCCCCCCCCC(C)C)COP(=O)(O)OC[C@@H](O)COP(=O)(O)OC[C@@H](COC(=O)CCCCCCCCC(C)CC)OC(=O)CCCCCCCCCCCCCC(C)C. The van der Waals surface area contributed by atoms with Crippen molar-refractivity contribution in [2.45, 2.75) is 420 Å². The third kappa shape index (κ3) is 70.9. The molecule has 0 heterocycles. The van der Waals surface area contributed by atoms with Crippen molar-refractivity contribution in [2.24, 2.45) is 17.8 Å². The molecule has 0 aliphatic rings. The summed E-state index contributed by atoms with van der Waals surface area (Å²) < 4.78 is 68.6. The van der Waals surface area contributed by atoms with Crippen LogP contribution in [0, 0.1) is 17.8 Å². The zero-order valence-electron chi connectivity index (χ0n) is 63.5. The molecule has 0 saturated carbocycles. The topological polar surface area (TPSA) is 237 Å². The monoisotopic (exact) mass is 1420 g/mol. The van der Waals surface area contributed by atoms with Crippen molar-refractivity contribution in [1.82, 2.24) is 0 Å². The lowest BCUT2D eigenvalue weighted by molar-refractivity contribution is -0.161. The second-order valence-corrected chi connectivity index (χ2v) is 32.2. The Bertz CT molecular complexity index is 1890. The molecule has 0 bridgehead atoms. The Hall–Kier alpha value is -1.94. The fraction of sp³-hybridized carbons (Fsp3) is 0.949. The summed E-state index contributed by atoms with van der Waals surface area (Å²) in [7, 11) is -9.92. The summed E-state index contributed by atoms with van der Waals surface area (Å²) in [5.41, 5.74) is 0. The highest BCUT2D eigenvalue weighted by atomic mass is 31.2. The van der Waals surface area contributed by atoms with Gasteiger partial charge in [0.25, 0.3) is 0 Å². The maximum absolute atomic E-state index is 13.1. The normalized spacial score (nSPS) is 14.3. The van der Waals surface area contributed by atoms with E-state index in [0.717, 1.165) is 114 Å². The lowest BCUT2D eigenvalue weighted by atomic mass is 10.00. The summed E-state index contributed by atoms with van der Waals surface area (Å²) in [6, 6.07) is 0. The molecule has 0 aliphatic heterocycles. The van der Waals surface area contributed by atoms with Crippen molar-refractivity contribution in [3.05, 3.63) is 0 Å². The Morgan fingerprint density at radius 2 is 0.526 bits per heavy atom. The van der Waals surface area contributed by atoms with E-state index in [2.05, 4.69) is 48.5 Å². The molecule has 3 N–H and O–H groups in total. The van der Waals surface area contributed by atoms with E-state index < -0.39 is 97.5 Å². The van der Waals surface area contributed by atoms with Gasteiger partial charge in [0.05, 0.1) is 26.4 Å². The Morgan fingerprint density at radius 3 is 0.784 bits per heavy atom. The lowest BCUT2D eigenvalue weighted by Crippen LogP contribution is -2.30. The highest BCUT2D eigenvalue weighted by Gasteiger charge is 2.30. The summed E-state index contributed by atoms with van der Waals surface area (Å²) in [5.74, 6) is 0.172. The van der Waals surface area contributed by atoms with Crippen molar-refractivity contribution in [1.29, 1.82) is 0 Å². The average molecular weight is 1420 g/mol. The maximum Gasteiger partial charge on any atom is 0.472 e.